The maximum absolute atomic E-state index is 10.9. The minimum absolute atomic E-state index is 0.169. The second-order valence-electron chi connectivity index (χ2n) is 4.78. The second-order valence-corrected chi connectivity index (χ2v) is 5.34. The molecule has 0 N–H and O–H groups in total. The molecule has 106 valence electrons. The van der Waals surface area contributed by atoms with Crippen LogP contribution in [0.2, 0.25) is 0 Å². The normalized spacial score (nSPS) is 10.8. The molecule has 0 aliphatic carbocycles. The third-order valence-corrected chi connectivity index (χ3v) is 3.55. The molecule has 1 rings (SSSR count). The zero-order valence-electron chi connectivity index (χ0n) is 11.6. The molecule has 0 bridgehead atoms. The number of rotatable bonds is 7. The van der Waals surface area contributed by atoms with E-state index in [1.807, 2.05) is 13.1 Å². The molecule has 0 aliphatic heterocycles. The number of hydrogen-bond acceptors (Lipinski definition) is 4. The van der Waals surface area contributed by atoms with E-state index < -0.39 is 0 Å². The van der Waals surface area contributed by atoms with Crippen molar-refractivity contribution in [2.45, 2.75) is 11.8 Å². The van der Waals surface area contributed by atoms with Gasteiger partial charge in [-0.1, -0.05) is 15.9 Å². The van der Waals surface area contributed by atoms with Crippen molar-refractivity contribution in [3.8, 4) is 0 Å². The summed E-state index contributed by atoms with van der Waals surface area (Å²) in [6, 6.07) is 5.26. The SMILES string of the molecule is CN(C)CCCN(C)c1ccc([N+](=O)[O-])c(CBr)c1. The summed E-state index contributed by atoms with van der Waals surface area (Å²) in [5.74, 6) is 0. The number of halogens is 1. The van der Waals surface area contributed by atoms with E-state index in [1.54, 1.807) is 12.1 Å². The molecule has 0 atom stereocenters. The summed E-state index contributed by atoms with van der Waals surface area (Å²) in [7, 11) is 6.11. The lowest BCUT2D eigenvalue weighted by molar-refractivity contribution is -0.385. The van der Waals surface area contributed by atoms with Crippen LogP contribution < -0.4 is 4.90 Å². The van der Waals surface area contributed by atoms with Gasteiger partial charge in [0.05, 0.1) is 4.92 Å². The zero-order valence-corrected chi connectivity index (χ0v) is 13.2. The highest BCUT2D eigenvalue weighted by Crippen LogP contribution is 2.26. The summed E-state index contributed by atoms with van der Waals surface area (Å²) in [4.78, 5) is 14.8. The molecule has 6 heteroatoms. The van der Waals surface area contributed by atoms with Gasteiger partial charge in [-0.25, -0.2) is 0 Å². The number of nitro groups is 1. The van der Waals surface area contributed by atoms with E-state index >= 15 is 0 Å². The smallest absolute Gasteiger partial charge is 0.273 e. The first-order valence-electron chi connectivity index (χ1n) is 6.15. The van der Waals surface area contributed by atoms with Gasteiger partial charge in [-0.15, -0.1) is 0 Å². The van der Waals surface area contributed by atoms with E-state index in [0.717, 1.165) is 25.2 Å². The van der Waals surface area contributed by atoms with Crippen LogP contribution in [0.15, 0.2) is 18.2 Å². The van der Waals surface area contributed by atoms with Gasteiger partial charge in [0, 0.05) is 36.2 Å². The third kappa shape index (κ3) is 4.80. The Morgan fingerprint density at radius 1 is 1.26 bits per heavy atom. The second kappa shape index (κ2) is 7.45. The molecule has 19 heavy (non-hydrogen) atoms. The van der Waals surface area contributed by atoms with Gasteiger partial charge in [-0.05, 0) is 39.2 Å². The quantitative estimate of drug-likeness (QED) is 0.438. The number of nitrogens with zero attached hydrogens (tertiary/aromatic N) is 3. The van der Waals surface area contributed by atoms with Gasteiger partial charge in [-0.2, -0.15) is 0 Å². The van der Waals surface area contributed by atoms with Crippen molar-refractivity contribution >= 4 is 27.3 Å². The molecule has 1 aromatic carbocycles. The van der Waals surface area contributed by atoms with E-state index in [1.165, 1.54) is 0 Å². The molecule has 5 nitrogen and oxygen atoms in total. The fraction of sp³-hybridized carbons (Fsp3) is 0.538. The lowest BCUT2D eigenvalue weighted by Gasteiger charge is -2.21. The molecule has 0 radical (unpaired) electrons. The van der Waals surface area contributed by atoms with Crippen LogP contribution in [0.1, 0.15) is 12.0 Å². The summed E-state index contributed by atoms with van der Waals surface area (Å²) >= 11 is 3.30. The number of anilines is 1. The van der Waals surface area contributed by atoms with E-state index in [4.69, 9.17) is 0 Å². The molecular formula is C13H20BrN3O2. The Morgan fingerprint density at radius 2 is 1.95 bits per heavy atom. The Kier molecular flexibility index (Phi) is 6.24. The van der Waals surface area contributed by atoms with Crippen LogP contribution in [0.4, 0.5) is 11.4 Å². The van der Waals surface area contributed by atoms with Crippen LogP contribution in [-0.2, 0) is 5.33 Å². The molecule has 0 heterocycles. The van der Waals surface area contributed by atoms with Crippen LogP contribution in [0.3, 0.4) is 0 Å². The first-order chi connectivity index (χ1) is 8.95. The van der Waals surface area contributed by atoms with Crippen LogP contribution in [0.5, 0.6) is 0 Å². The molecule has 0 aromatic heterocycles. The lowest BCUT2D eigenvalue weighted by atomic mass is 10.1. The van der Waals surface area contributed by atoms with Gasteiger partial charge >= 0.3 is 0 Å². The maximum atomic E-state index is 10.9. The first-order valence-corrected chi connectivity index (χ1v) is 7.27. The maximum Gasteiger partial charge on any atom is 0.273 e. The lowest BCUT2D eigenvalue weighted by Crippen LogP contribution is -2.23. The van der Waals surface area contributed by atoms with Crippen LogP contribution >= 0.6 is 15.9 Å². The molecule has 0 saturated carbocycles. The van der Waals surface area contributed by atoms with Crippen molar-refractivity contribution < 1.29 is 4.92 Å². The van der Waals surface area contributed by atoms with Gasteiger partial charge < -0.3 is 9.80 Å². The summed E-state index contributed by atoms with van der Waals surface area (Å²) in [5, 5.41) is 11.4. The summed E-state index contributed by atoms with van der Waals surface area (Å²) in [6.45, 7) is 1.96. The summed E-state index contributed by atoms with van der Waals surface area (Å²) in [6.07, 6.45) is 1.06. The van der Waals surface area contributed by atoms with Crippen molar-refractivity contribution in [2.24, 2.45) is 0 Å². The van der Waals surface area contributed by atoms with Gasteiger partial charge in [0.15, 0.2) is 0 Å². The van der Waals surface area contributed by atoms with Gasteiger partial charge in [0.2, 0.25) is 0 Å². The molecule has 0 amide bonds. The molecule has 0 spiro atoms. The number of alkyl halides is 1. The van der Waals surface area contributed by atoms with Crippen molar-refractivity contribution in [3.05, 3.63) is 33.9 Å². The van der Waals surface area contributed by atoms with Gasteiger partial charge in [-0.3, -0.25) is 10.1 Å². The summed E-state index contributed by atoms with van der Waals surface area (Å²) < 4.78 is 0. The fourth-order valence-electron chi connectivity index (χ4n) is 1.85. The Hall–Kier alpha value is -1.14. The van der Waals surface area contributed by atoms with Gasteiger partial charge in [0.1, 0.15) is 0 Å². The minimum Gasteiger partial charge on any atom is -0.375 e. The topological polar surface area (TPSA) is 49.6 Å². The molecule has 1 aromatic rings. The van der Waals surface area contributed by atoms with E-state index in [2.05, 4.69) is 39.8 Å². The standard InChI is InChI=1S/C13H20BrN3O2/c1-15(2)7-4-8-16(3)12-5-6-13(17(18)19)11(9-12)10-14/h5-6,9H,4,7-8,10H2,1-3H3. The molecular weight excluding hydrogens is 310 g/mol. The highest BCUT2D eigenvalue weighted by atomic mass is 79.9. The third-order valence-electron chi connectivity index (χ3n) is 2.94. The Balaban J connectivity index is 2.75. The predicted molar refractivity (Wildman–Crippen MR) is 82.2 cm³/mol. The zero-order chi connectivity index (χ0) is 14.4. The predicted octanol–water partition coefficient (Wildman–Crippen LogP) is 2.88. The van der Waals surface area contributed by atoms with Crippen LogP contribution in [0, 0.1) is 10.1 Å². The Labute approximate surface area is 122 Å². The fourth-order valence-corrected chi connectivity index (χ4v) is 2.30. The largest absolute Gasteiger partial charge is 0.375 e. The van der Waals surface area contributed by atoms with E-state index in [0.29, 0.717) is 10.9 Å². The Bertz CT molecular complexity index is 438. The monoisotopic (exact) mass is 329 g/mol. The number of hydrogen-bond donors (Lipinski definition) is 0. The highest BCUT2D eigenvalue weighted by molar-refractivity contribution is 9.08. The molecule has 0 saturated heterocycles. The average Bonchev–Trinajstić information content (AvgIpc) is 2.37. The minimum atomic E-state index is -0.341. The van der Waals surface area contributed by atoms with E-state index in [-0.39, 0.29) is 10.6 Å². The molecule has 0 unspecified atom stereocenters. The van der Waals surface area contributed by atoms with E-state index in [9.17, 15) is 10.1 Å². The molecule has 0 fully saturated rings. The van der Waals surface area contributed by atoms with Crippen LogP contribution in [0.25, 0.3) is 0 Å². The van der Waals surface area contributed by atoms with Crippen molar-refractivity contribution in [1.82, 2.24) is 4.90 Å². The number of benzene rings is 1. The van der Waals surface area contributed by atoms with Crippen molar-refractivity contribution in [2.75, 3.05) is 39.1 Å². The van der Waals surface area contributed by atoms with Gasteiger partial charge in [0.25, 0.3) is 5.69 Å². The molecule has 0 aliphatic rings. The first kappa shape index (κ1) is 15.9. The highest BCUT2D eigenvalue weighted by Gasteiger charge is 2.14. The van der Waals surface area contributed by atoms with Crippen LogP contribution in [-0.4, -0.2) is 44.1 Å². The summed E-state index contributed by atoms with van der Waals surface area (Å²) in [5.41, 5.74) is 1.89. The average molecular weight is 330 g/mol. The number of nitro benzene ring substituents is 1. The van der Waals surface area contributed by atoms with Crippen molar-refractivity contribution in [1.29, 1.82) is 0 Å². The van der Waals surface area contributed by atoms with Crippen molar-refractivity contribution in [3.63, 3.8) is 0 Å². The Morgan fingerprint density at radius 3 is 2.47 bits per heavy atom.